The van der Waals surface area contributed by atoms with Crippen LogP contribution in [0, 0.1) is 0 Å². The van der Waals surface area contributed by atoms with Crippen molar-refractivity contribution in [2.24, 2.45) is 0 Å². The van der Waals surface area contributed by atoms with Crippen LogP contribution in [0.4, 0.5) is 0 Å². The van der Waals surface area contributed by atoms with Crippen LogP contribution in [-0.2, 0) is 0 Å². The first-order valence-electron chi connectivity index (χ1n) is 2.21. The van der Waals surface area contributed by atoms with E-state index in [4.69, 9.17) is 11.6 Å². The fraction of sp³-hybridized carbons (Fsp3) is 0. The Morgan fingerprint density at radius 2 is 1.56 bits per heavy atom. The molecule has 1 rings (SSSR count). The molecule has 0 radical (unpaired) electrons. The number of halogens is 1. The van der Waals surface area contributed by atoms with Crippen LogP contribution in [0.3, 0.4) is 0 Å². The van der Waals surface area contributed by atoms with Crippen LogP contribution in [0.2, 0.25) is 5.02 Å². The van der Waals surface area contributed by atoms with Gasteiger partial charge in [0.15, 0.2) is 0 Å². The van der Waals surface area contributed by atoms with Crippen LogP contribution in [0.15, 0.2) is 24.3 Å². The molecule has 0 N–H and O–H groups in total. The first-order valence-corrected chi connectivity index (χ1v) is 3.45. The van der Waals surface area contributed by atoms with Crippen molar-refractivity contribution >= 4 is 32.1 Å². The second kappa shape index (κ2) is 4.44. The maximum Gasteiger partial charge on any atom is 1.00 e. The summed E-state index contributed by atoms with van der Waals surface area (Å²) in [7, 11) is 0. The maximum absolute atomic E-state index is 5.60. The Labute approximate surface area is 80.0 Å². The summed E-state index contributed by atoms with van der Waals surface area (Å²) < 4.78 is 1.12. The third-order valence-electron chi connectivity index (χ3n) is 0.814. The molecule has 0 aliphatic carbocycles. The van der Waals surface area contributed by atoms with Crippen LogP contribution in [0.5, 0.6) is 0 Å². The summed E-state index contributed by atoms with van der Waals surface area (Å²) >= 11 is 8.47. The van der Waals surface area contributed by atoms with Gasteiger partial charge in [0, 0.05) is 0 Å². The average molecular weight is 197 g/mol. The minimum atomic E-state index is 0. The van der Waals surface area contributed by atoms with E-state index in [0.29, 0.717) is 0 Å². The molecule has 0 nitrogen and oxygen atoms in total. The molecule has 0 aliphatic heterocycles. The van der Waals surface area contributed by atoms with Gasteiger partial charge in [-0.3, -0.25) is 0 Å². The van der Waals surface area contributed by atoms with E-state index in [0.717, 1.165) is 9.48 Å². The molecule has 9 heavy (non-hydrogen) atoms. The second-order valence-corrected chi connectivity index (χ2v) is 2.88. The summed E-state index contributed by atoms with van der Waals surface area (Å²) in [5, 5.41) is 0.781. The zero-order valence-corrected chi connectivity index (χ0v) is 7.56. The van der Waals surface area contributed by atoms with Crippen molar-refractivity contribution in [2.75, 3.05) is 0 Å². The topological polar surface area (TPSA) is 0 Å². The van der Waals surface area contributed by atoms with Gasteiger partial charge in [-0.2, -0.15) is 0 Å². The van der Waals surface area contributed by atoms with Gasteiger partial charge < -0.3 is 0 Å². The second-order valence-electron chi connectivity index (χ2n) is 1.45. The molecular formula is C6H4ClLiSe. The molecule has 0 fully saturated rings. The first-order chi connectivity index (χ1) is 3.79. The molecule has 0 bridgehead atoms. The fourth-order valence-electron chi connectivity index (χ4n) is 0.435. The summed E-state index contributed by atoms with van der Waals surface area (Å²) in [6.07, 6.45) is 0. The van der Waals surface area contributed by atoms with E-state index in [1.807, 2.05) is 24.3 Å². The summed E-state index contributed by atoms with van der Waals surface area (Å²) in [6.45, 7) is 0. The van der Waals surface area contributed by atoms with Gasteiger partial charge >= 0.3 is 80.2 Å². The summed E-state index contributed by atoms with van der Waals surface area (Å²) in [5.41, 5.74) is 0. The van der Waals surface area contributed by atoms with Crippen LogP contribution in [0.25, 0.3) is 0 Å². The van der Waals surface area contributed by atoms with E-state index in [-0.39, 0.29) is 18.9 Å². The third kappa shape index (κ3) is 3.35. The van der Waals surface area contributed by atoms with Gasteiger partial charge in [0.2, 0.25) is 0 Å². The smallest absolute Gasteiger partial charge is 1.00 e. The molecule has 0 atom stereocenters. The van der Waals surface area contributed by atoms with E-state index in [9.17, 15) is 0 Å². The molecule has 1 aromatic carbocycles. The van der Waals surface area contributed by atoms with Crippen molar-refractivity contribution in [1.29, 1.82) is 0 Å². The Bertz CT molecular complexity index is 152. The van der Waals surface area contributed by atoms with Gasteiger partial charge in [-0.05, 0) is 0 Å². The first kappa shape index (κ1) is 9.63. The van der Waals surface area contributed by atoms with Gasteiger partial charge in [-0.25, -0.2) is 0 Å². The molecule has 0 heterocycles. The quantitative estimate of drug-likeness (QED) is 0.428. The van der Waals surface area contributed by atoms with Crippen molar-refractivity contribution in [3.05, 3.63) is 29.3 Å². The van der Waals surface area contributed by atoms with Crippen molar-refractivity contribution in [1.82, 2.24) is 0 Å². The van der Waals surface area contributed by atoms with Gasteiger partial charge in [-0.1, -0.05) is 0 Å². The Kier molecular flexibility index (Phi) is 4.75. The molecule has 0 aliphatic rings. The van der Waals surface area contributed by atoms with Gasteiger partial charge in [0.1, 0.15) is 0 Å². The number of hydrogen-bond acceptors (Lipinski definition) is 0. The van der Waals surface area contributed by atoms with E-state index >= 15 is 0 Å². The number of hydrogen-bond donors (Lipinski definition) is 0. The summed E-state index contributed by atoms with van der Waals surface area (Å²) in [5.74, 6) is 0. The van der Waals surface area contributed by atoms with Crippen molar-refractivity contribution < 1.29 is 18.9 Å². The SMILES string of the molecule is Clc1ccc([Se-])cc1.[Li+]. The Balaban J connectivity index is 0.000000640. The number of rotatable bonds is 0. The molecule has 42 valence electrons. The van der Waals surface area contributed by atoms with Crippen molar-refractivity contribution in [3.8, 4) is 0 Å². The molecule has 0 saturated carbocycles. The minimum Gasteiger partial charge on any atom is 1.00 e. The molecule has 0 amide bonds. The average Bonchev–Trinajstić information content (AvgIpc) is 1.77. The van der Waals surface area contributed by atoms with Crippen LogP contribution in [-0.4, -0.2) is 16.0 Å². The summed E-state index contributed by atoms with van der Waals surface area (Å²) in [4.78, 5) is 0. The molecule has 0 aromatic heterocycles. The van der Waals surface area contributed by atoms with Crippen LogP contribution in [0.1, 0.15) is 0 Å². The third-order valence-corrected chi connectivity index (χ3v) is 1.64. The molecule has 3 heteroatoms. The van der Waals surface area contributed by atoms with E-state index in [1.54, 1.807) is 0 Å². The minimum absolute atomic E-state index is 0. The molecule has 0 saturated heterocycles. The maximum atomic E-state index is 5.60. The molecule has 0 unspecified atom stereocenters. The Morgan fingerprint density at radius 3 is 1.89 bits per heavy atom. The predicted molar refractivity (Wildman–Crippen MR) is 36.8 cm³/mol. The van der Waals surface area contributed by atoms with E-state index in [1.165, 1.54) is 0 Å². The molecule has 1 aromatic rings. The van der Waals surface area contributed by atoms with Crippen molar-refractivity contribution in [3.63, 3.8) is 0 Å². The number of benzene rings is 1. The Morgan fingerprint density at radius 1 is 1.11 bits per heavy atom. The van der Waals surface area contributed by atoms with E-state index in [2.05, 4.69) is 16.0 Å². The standard InChI is InChI=1S/C6H5ClSe.Li/c7-5-1-3-6(8)4-2-5;/h1-4,8H;/q;+1/p-1. The van der Waals surface area contributed by atoms with Crippen LogP contribution >= 0.6 is 11.6 Å². The normalized spacial score (nSPS) is 8.11. The van der Waals surface area contributed by atoms with E-state index < -0.39 is 0 Å². The largest absolute Gasteiger partial charge is 1.00 e. The summed E-state index contributed by atoms with van der Waals surface area (Å²) in [6, 6.07) is 7.57. The van der Waals surface area contributed by atoms with Gasteiger partial charge in [0.25, 0.3) is 0 Å². The Hall–Kier alpha value is 0.627. The van der Waals surface area contributed by atoms with Gasteiger partial charge in [0.05, 0.1) is 0 Å². The van der Waals surface area contributed by atoms with Crippen molar-refractivity contribution in [2.45, 2.75) is 0 Å². The molecular weight excluding hydrogens is 193 g/mol. The molecule has 0 spiro atoms. The zero-order valence-electron chi connectivity index (χ0n) is 5.10. The predicted octanol–water partition coefficient (Wildman–Crippen LogP) is -1.86. The van der Waals surface area contributed by atoms with Crippen LogP contribution < -0.4 is 23.3 Å². The monoisotopic (exact) mass is 198 g/mol. The fourth-order valence-corrected chi connectivity index (χ4v) is 0.846. The zero-order chi connectivity index (χ0) is 5.98. The van der Waals surface area contributed by atoms with Gasteiger partial charge in [-0.15, -0.1) is 0 Å².